The van der Waals surface area contributed by atoms with Crippen LogP contribution in [0.1, 0.15) is 5.56 Å². The molecule has 0 aliphatic rings. The van der Waals surface area contributed by atoms with Crippen molar-refractivity contribution in [1.82, 2.24) is 9.97 Å². The number of hydrogen-bond donors (Lipinski definition) is 1. The molecule has 0 fully saturated rings. The molecular weight excluding hydrogens is 335 g/mol. The first kappa shape index (κ1) is 17.0. The normalized spacial score (nSPS) is 12.0. The van der Waals surface area contributed by atoms with Gasteiger partial charge in [-0.1, -0.05) is 0 Å². The number of rotatable bonds is 5. The maximum atomic E-state index is 12.3. The molecule has 0 saturated heterocycles. The van der Waals surface area contributed by atoms with Crippen LogP contribution in [0.2, 0.25) is 0 Å². The Hall–Kier alpha value is -2.36. The Bertz CT molecular complexity index is 780. The molecule has 6 nitrogen and oxygen atoms in total. The van der Waals surface area contributed by atoms with Gasteiger partial charge in [0, 0.05) is 31.3 Å². The minimum Gasteiger partial charge on any atom is -0.406 e. The molecule has 123 valence electrons. The molecule has 1 aromatic carbocycles. The van der Waals surface area contributed by atoms with Crippen molar-refractivity contribution in [2.45, 2.75) is 17.8 Å². The van der Waals surface area contributed by atoms with Crippen LogP contribution < -0.4 is 10.1 Å². The summed E-state index contributed by atoms with van der Waals surface area (Å²) in [6.07, 6.45) is -1.30. The smallest absolute Gasteiger partial charge is 0.406 e. The van der Waals surface area contributed by atoms with E-state index in [4.69, 9.17) is 0 Å². The lowest BCUT2D eigenvalue weighted by molar-refractivity contribution is -0.274. The van der Waals surface area contributed by atoms with E-state index in [2.05, 4.69) is 26.1 Å². The van der Waals surface area contributed by atoms with Gasteiger partial charge >= 0.3 is 6.36 Å². The van der Waals surface area contributed by atoms with E-state index in [0.717, 1.165) is 18.4 Å². The number of sulfone groups is 1. The van der Waals surface area contributed by atoms with E-state index in [1.807, 2.05) is 0 Å². The Balaban J connectivity index is 2.28. The second kappa shape index (κ2) is 6.41. The molecule has 23 heavy (non-hydrogen) atoms. The van der Waals surface area contributed by atoms with Gasteiger partial charge < -0.3 is 10.1 Å². The number of aromatic nitrogens is 2. The molecule has 0 atom stereocenters. The summed E-state index contributed by atoms with van der Waals surface area (Å²) in [5.41, 5.74) is 0.267. The summed E-state index contributed by atoms with van der Waals surface area (Å²) in [5, 5.41) is 2.76. The Morgan fingerprint density at radius 2 is 1.87 bits per heavy atom. The first-order valence-corrected chi connectivity index (χ1v) is 8.04. The summed E-state index contributed by atoms with van der Waals surface area (Å²) in [6.45, 7) is 0.0155. The molecule has 10 heteroatoms. The van der Waals surface area contributed by atoms with Crippen molar-refractivity contribution >= 4 is 15.8 Å². The molecular formula is C13H11F3N3O3S. The molecule has 0 unspecified atom stereocenters. The van der Waals surface area contributed by atoms with E-state index in [1.54, 1.807) is 0 Å². The predicted octanol–water partition coefficient (Wildman–Crippen LogP) is 2.19. The van der Waals surface area contributed by atoms with Crippen molar-refractivity contribution in [1.29, 1.82) is 0 Å². The molecule has 1 aromatic heterocycles. The number of anilines is 1. The maximum absolute atomic E-state index is 12.3. The number of nitrogens with zero attached hydrogens (tertiary/aromatic N) is 2. The van der Waals surface area contributed by atoms with E-state index in [0.29, 0.717) is 0 Å². The Kier molecular flexibility index (Phi) is 4.73. The molecule has 1 N–H and O–H groups in total. The van der Waals surface area contributed by atoms with Crippen molar-refractivity contribution < 1.29 is 26.3 Å². The zero-order valence-corrected chi connectivity index (χ0v) is 12.6. The second-order valence-corrected chi connectivity index (χ2v) is 6.51. The summed E-state index contributed by atoms with van der Waals surface area (Å²) in [7, 11) is -3.70. The summed E-state index contributed by atoms with van der Waals surface area (Å²) >= 11 is 0. The number of ether oxygens (including phenoxy) is 1. The van der Waals surface area contributed by atoms with Crippen LogP contribution in [0.15, 0.2) is 35.5 Å². The highest BCUT2D eigenvalue weighted by molar-refractivity contribution is 7.90. The number of hydrogen-bond acceptors (Lipinski definition) is 6. The van der Waals surface area contributed by atoms with E-state index in [9.17, 15) is 21.6 Å². The third-order valence-corrected chi connectivity index (χ3v) is 3.67. The van der Waals surface area contributed by atoms with Gasteiger partial charge in [0.05, 0.1) is 4.90 Å². The molecule has 0 amide bonds. The minimum absolute atomic E-state index is 0.0155. The molecule has 0 spiro atoms. The summed E-state index contributed by atoms with van der Waals surface area (Å²) < 4.78 is 64.0. The fourth-order valence-corrected chi connectivity index (χ4v) is 2.37. The lowest BCUT2D eigenvalue weighted by Crippen LogP contribution is -2.17. The molecule has 0 bridgehead atoms. The van der Waals surface area contributed by atoms with Gasteiger partial charge in [-0.25, -0.2) is 18.4 Å². The van der Waals surface area contributed by atoms with E-state index < -0.39 is 21.9 Å². The third kappa shape index (κ3) is 5.40. The van der Waals surface area contributed by atoms with Crippen LogP contribution in [-0.4, -0.2) is 31.0 Å². The third-order valence-electron chi connectivity index (χ3n) is 2.57. The predicted molar refractivity (Wildman–Crippen MR) is 74.4 cm³/mol. The van der Waals surface area contributed by atoms with Crippen LogP contribution in [0.4, 0.5) is 19.1 Å². The zero-order chi connectivity index (χ0) is 17.1. The summed E-state index contributed by atoms with van der Waals surface area (Å²) in [6, 6.07) is 5.77. The van der Waals surface area contributed by atoms with Crippen LogP contribution in [0, 0.1) is 6.07 Å². The number of halogens is 3. The van der Waals surface area contributed by atoms with Crippen molar-refractivity contribution in [2.24, 2.45) is 0 Å². The minimum atomic E-state index is -4.92. The lowest BCUT2D eigenvalue weighted by Gasteiger charge is -2.12. The first-order valence-electron chi connectivity index (χ1n) is 6.15. The van der Waals surface area contributed by atoms with Gasteiger partial charge in [-0.2, -0.15) is 0 Å². The van der Waals surface area contributed by atoms with Crippen LogP contribution >= 0.6 is 0 Å². The average molecular weight is 346 g/mol. The van der Waals surface area contributed by atoms with E-state index >= 15 is 0 Å². The number of alkyl halides is 3. The Morgan fingerprint density at radius 1 is 1.22 bits per heavy atom. The van der Waals surface area contributed by atoms with Crippen LogP contribution in [0.5, 0.6) is 5.75 Å². The second-order valence-electron chi connectivity index (χ2n) is 4.49. The number of nitrogens with one attached hydrogen (secondary N) is 1. The van der Waals surface area contributed by atoms with Crippen LogP contribution in [0.3, 0.4) is 0 Å². The molecule has 1 heterocycles. The first-order chi connectivity index (χ1) is 10.6. The molecule has 0 aliphatic heterocycles. The highest BCUT2D eigenvalue weighted by atomic mass is 32.2. The van der Waals surface area contributed by atoms with Gasteiger partial charge in [0.25, 0.3) is 0 Å². The largest absolute Gasteiger partial charge is 0.573 e. The Labute approximate surface area is 130 Å². The fraction of sp³-hybridized carbons (Fsp3) is 0.231. The van der Waals surface area contributed by atoms with Crippen LogP contribution in [0.25, 0.3) is 0 Å². The zero-order valence-electron chi connectivity index (χ0n) is 11.8. The van der Waals surface area contributed by atoms with Gasteiger partial charge in [-0.15, -0.1) is 13.2 Å². The van der Waals surface area contributed by atoms with Gasteiger partial charge in [-0.3, -0.25) is 0 Å². The molecule has 2 rings (SSSR count). The lowest BCUT2D eigenvalue weighted by atomic mass is 10.2. The SMILES string of the molecule is CS(=O)(=O)c1cc(CNc2nc[c]cn2)cc(OC(F)(F)F)c1. The highest BCUT2D eigenvalue weighted by Gasteiger charge is 2.31. The molecule has 1 radical (unpaired) electrons. The van der Waals surface area contributed by atoms with E-state index in [1.165, 1.54) is 18.5 Å². The van der Waals surface area contributed by atoms with Gasteiger partial charge in [0.2, 0.25) is 5.95 Å². The summed E-state index contributed by atoms with van der Waals surface area (Å²) in [4.78, 5) is 7.40. The average Bonchev–Trinajstić information content (AvgIpc) is 2.43. The topological polar surface area (TPSA) is 81.2 Å². The van der Waals surface area contributed by atoms with Gasteiger partial charge in [-0.05, 0) is 23.8 Å². The van der Waals surface area contributed by atoms with Crippen molar-refractivity contribution in [3.63, 3.8) is 0 Å². The highest BCUT2D eigenvalue weighted by Crippen LogP contribution is 2.27. The van der Waals surface area contributed by atoms with Crippen molar-refractivity contribution in [3.05, 3.63) is 42.2 Å². The van der Waals surface area contributed by atoms with E-state index in [-0.39, 0.29) is 23.0 Å². The number of benzene rings is 1. The fourth-order valence-electron chi connectivity index (χ4n) is 1.68. The quantitative estimate of drug-likeness (QED) is 0.894. The summed E-state index contributed by atoms with van der Waals surface area (Å²) in [5.74, 6) is -0.383. The van der Waals surface area contributed by atoms with Crippen LogP contribution in [-0.2, 0) is 16.4 Å². The van der Waals surface area contributed by atoms with Crippen molar-refractivity contribution in [3.8, 4) is 5.75 Å². The Morgan fingerprint density at radius 3 is 2.43 bits per heavy atom. The standard InChI is InChI=1S/C13H11F3N3O3S/c1-23(20,21)11-6-9(5-10(7-11)22-13(14,15)16)8-19-12-17-3-2-4-18-12/h3-7H,8H2,1H3,(H,17,18,19). The van der Waals surface area contributed by atoms with Crippen molar-refractivity contribution in [2.75, 3.05) is 11.6 Å². The van der Waals surface area contributed by atoms with Gasteiger partial charge in [0.15, 0.2) is 9.84 Å². The molecule has 0 saturated carbocycles. The monoisotopic (exact) mass is 346 g/mol. The molecule has 0 aliphatic carbocycles. The van der Waals surface area contributed by atoms with Gasteiger partial charge in [0.1, 0.15) is 5.75 Å². The maximum Gasteiger partial charge on any atom is 0.573 e. The molecule has 2 aromatic rings.